The minimum absolute atomic E-state index is 0.0697. The van der Waals surface area contributed by atoms with Crippen molar-refractivity contribution < 1.29 is 12.8 Å². The summed E-state index contributed by atoms with van der Waals surface area (Å²) in [5.74, 6) is 2.44. The molecule has 7 nitrogen and oxygen atoms in total. The molecule has 1 aliphatic rings. The van der Waals surface area contributed by atoms with Crippen LogP contribution in [0.1, 0.15) is 17.9 Å². The van der Waals surface area contributed by atoms with Crippen molar-refractivity contribution in [2.45, 2.75) is 25.9 Å². The Morgan fingerprint density at radius 2 is 2.26 bits per heavy atom. The van der Waals surface area contributed by atoms with Gasteiger partial charge in [-0.1, -0.05) is 0 Å². The van der Waals surface area contributed by atoms with Crippen LogP contribution in [0.5, 0.6) is 0 Å². The minimum atomic E-state index is -2.93. The lowest BCUT2D eigenvalue weighted by atomic mass is 10.2. The summed E-state index contributed by atoms with van der Waals surface area (Å²) in [6, 6.07) is 5.50. The zero-order chi connectivity index (χ0) is 16.4. The van der Waals surface area contributed by atoms with Gasteiger partial charge in [0.1, 0.15) is 11.6 Å². The van der Waals surface area contributed by atoms with Gasteiger partial charge in [-0.25, -0.2) is 13.4 Å². The molecule has 3 rings (SSSR count). The fourth-order valence-corrected chi connectivity index (χ4v) is 4.41. The number of rotatable bonds is 5. The summed E-state index contributed by atoms with van der Waals surface area (Å²) in [6.07, 6.45) is 2.24. The summed E-state index contributed by atoms with van der Waals surface area (Å²) in [7, 11) is -1.09. The SMILES string of the molecule is Cc1cc(NCc2ccco2)nc(N(C)C2CCS(=O)(=O)C2)n1. The van der Waals surface area contributed by atoms with Gasteiger partial charge in [0.25, 0.3) is 0 Å². The topological polar surface area (TPSA) is 88.3 Å². The largest absolute Gasteiger partial charge is 0.467 e. The van der Waals surface area contributed by atoms with Gasteiger partial charge in [-0.05, 0) is 25.5 Å². The second-order valence-corrected chi connectivity index (χ2v) is 8.02. The molecule has 0 aliphatic carbocycles. The number of furan rings is 1. The Morgan fingerprint density at radius 1 is 1.43 bits per heavy atom. The maximum absolute atomic E-state index is 11.7. The zero-order valence-corrected chi connectivity index (χ0v) is 14.0. The van der Waals surface area contributed by atoms with Gasteiger partial charge in [-0.3, -0.25) is 0 Å². The van der Waals surface area contributed by atoms with Crippen LogP contribution >= 0.6 is 0 Å². The molecule has 0 amide bonds. The van der Waals surface area contributed by atoms with Gasteiger partial charge >= 0.3 is 0 Å². The van der Waals surface area contributed by atoms with Crippen LogP contribution in [-0.2, 0) is 16.4 Å². The number of anilines is 2. The average molecular weight is 336 g/mol. The van der Waals surface area contributed by atoms with Crippen LogP contribution in [0.15, 0.2) is 28.9 Å². The summed E-state index contributed by atoms with van der Waals surface area (Å²) in [4.78, 5) is 10.8. The van der Waals surface area contributed by atoms with E-state index < -0.39 is 9.84 Å². The summed E-state index contributed by atoms with van der Waals surface area (Å²) >= 11 is 0. The average Bonchev–Trinajstić information content (AvgIpc) is 3.13. The Bertz CT molecular complexity index is 774. The first-order valence-corrected chi connectivity index (χ1v) is 9.30. The highest BCUT2D eigenvalue weighted by Crippen LogP contribution is 2.22. The Hall–Kier alpha value is -2.09. The van der Waals surface area contributed by atoms with Gasteiger partial charge in [-0.2, -0.15) is 4.98 Å². The molecule has 1 N–H and O–H groups in total. The van der Waals surface area contributed by atoms with Crippen LogP contribution in [0.2, 0.25) is 0 Å². The fraction of sp³-hybridized carbons (Fsp3) is 0.467. The van der Waals surface area contributed by atoms with E-state index in [2.05, 4.69) is 15.3 Å². The van der Waals surface area contributed by atoms with Crippen molar-refractivity contribution in [2.24, 2.45) is 0 Å². The molecular formula is C15H20N4O3S. The van der Waals surface area contributed by atoms with E-state index in [0.29, 0.717) is 24.7 Å². The Morgan fingerprint density at radius 3 is 2.91 bits per heavy atom. The van der Waals surface area contributed by atoms with Crippen molar-refractivity contribution in [1.29, 1.82) is 0 Å². The van der Waals surface area contributed by atoms with E-state index in [0.717, 1.165) is 11.5 Å². The number of hydrogen-bond acceptors (Lipinski definition) is 7. The Labute approximate surface area is 135 Å². The molecule has 2 aromatic rings. The van der Waals surface area contributed by atoms with Crippen LogP contribution in [0, 0.1) is 6.92 Å². The summed E-state index contributed by atoms with van der Waals surface area (Å²) in [5.41, 5.74) is 0.824. The molecule has 1 fully saturated rings. The van der Waals surface area contributed by atoms with Crippen molar-refractivity contribution >= 4 is 21.6 Å². The van der Waals surface area contributed by atoms with Crippen molar-refractivity contribution in [1.82, 2.24) is 9.97 Å². The van der Waals surface area contributed by atoms with Crippen molar-refractivity contribution in [2.75, 3.05) is 28.8 Å². The molecule has 1 atom stereocenters. The summed E-state index contributed by atoms with van der Waals surface area (Å²) in [5, 5.41) is 3.20. The molecule has 0 saturated carbocycles. The number of nitrogens with zero attached hydrogens (tertiary/aromatic N) is 3. The van der Waals surface area contributed by atoms with Crippen LogP contribution in [0.3, 0.4) is 0 Å². The van der Waals surface area contributed by atoms with E-state index in [1.165, 1.54) is 0 Å². The number of aromatic nitrogens is 2. The van der Waals surface area contributed by atoms with Crippen molar-refractivity contribution in [3.05, 3.63) is 35.9 Å². The second kappa shape index (κ2) is 6.19. The first kappa shape index (κ1) is 15.8. The Balaban J connectivity index is 1.74. The molecule has 8 heteroatoms. The summed E-state index contributed by atoms with van der Waals surface area (Å²) < 4.78 is 28.6. The summed E-state index contributed by atoms with van der Waals surface area (Å²) in [6.45, 7) is 2.42. The molecule has 0 bridgehead atoms. The number of hydrogen-bond donors (Lipinski definition) is 1. The number of aryl methyl sites for hydroxylation is 1. The molecule has 1 saturated heterocycles. The van der Waals surface area contributed by atoms with E-state index >= 15 is 0 Å². The first-order chi connectivity index (χ1) is 10.9. The number of sulfone groups is 1. The third-order valence-electron chi connectivity index (χ3n) is 3.94. The monoisotopic (exact) mass is 336 g/mol. The predicted octanol–water partition coefficient (Wildman–Crippen LogP) is 1.61. The van der Waals surface area contributed by atoms with Crippen LogP contribution in [-0.4, -0.2) is 43.0 Å². The molecule has 2 aromatic heterocycles. The van der Waals surface area contributed by atoms with E-state index in [-0.39, 0.29) is 17.5 Å². The van der Waals surface area contributed by atoms with Crippen LogP contribution < -0.4 is 10.2 Å². The van der Waals surface area contributed by atoms with E-state index in [1.54, 1.807) is 6.26 Å². The highest BCUT2D eigenvalue weighted by atomic mass is 32.2. The zero-order valence-electron chi connectivity index (χ0n) is 13.2. The van der Waals surface area contributed by atoms with E-state index in [1.807, 2.05) is 37.1 Å². The molecule has 124 valence electrons. The molecule has 0 radical (unpaired) electrons. The molecule has 0 aromatic carbocycles. The molecule has 1 unspecified atom stereocenters. The predicted molar refractivity (Wildman–Crippen MR) is 88.3 cm³/mol. The van der Waals surface area contributed by atoms with E-state index in [4.69, 9.17) is 4.42 Å². The molecule has 1 aliphatic heterocycles. The van der Waals surface area contributed by atoms with Crippen molar-refractivity contribution in [3.8, 4) is 0 Å². The van der Waals surface area contributed by atoms with Gasteiger partial charge < -0.3 is 14.6 Å². The maximum atomic E-state index is 11.7. The second-order valence-electron chi connectivity index (χ2n) is 5.80. The smallest absolute Gasteiger partial charge is 0.227 e. The van der Waals surface area contributed by atoms with Gasteiger partial charge in [-0.15, -0.1) is 0 Å². The number of nitrogens with one attached hydrogen (secondary N) is 1. The third-order valence-corrected chi connectivity index (χ3v) is 5.69. The van der Waals surface area contributed by atoms with Gasteiger partial charge in [0.15, 0.2) is 9.84 Å². The molecule has 23 heavy (non-hydrogen) atoms. The first-order valence-electron chi connectivity index (χ1n) is 7.48. The lowest BCUT2D eigenvalue weighted by Crippen LogP contribution is -2.34. The van der Waals surface area contributed by atoms with Crippen LogP contribution in [0.4, 0.5) is 11.8 Å². The fourth-order valence-electron chi connectivity index (χ4n) is 2.64. The minimum Gasteiger partial charge on any atom is -0.467 e. The highest BCUT2D eigenvalue weighted by Gasteiger charge is 2.31. The highest BCUT2D eigenvalue weighted by molar-refractivity contribution is 7.91. The van der Waals surface area contributed by atoms with Gasteiger partial charge in [0.2, 0.25) is 5.95 Å². The maximum Gasteiger partial charge on any atom is 0.227 e. The quantitative estimate of drug-likeness (QED) is 0.887. The molecule has 0 spiro atoms. The normalized spacial score (nSPS) is 19.7. The third kappa shape index (κ3) is 3.82. The lowest BCUT2D eigenvalue weighted by molar-refractivity contribution is 0.517. The molecule has 3 heterocycles. The van der Waals surface area contributed by atoms with Crippen LogP contribution in [0.25, 0.3) is 0 Å². The van der Waals surface area contributed by atoms with Crippen molar-refractivity contribution in [3.63, 3.8) is 0 Å². The van der Waals surface area contributed by atoms with Gasteiger partial charge in [0, 0.05) is 24.8 Å². The standard InChI is InChI=1S/C15H20N4O3S/c1-11-8-14(16-9-13-4-3-6-22-13)18-15(17-11)19(2)12-5-7-23(20,21)10-12/h3-4,6,8,12H,5,7,9-10H2,1-2H3,(H,16,17,18). The lowest BCUT2D eigenvalue weighted by Gasteiger charge is -2.24. The van der Waals surface area contributed by atoms with Gasteiger partial charge in [0.05, 0.1) is 24.3 Å². The molecular weight excluding hydrogens is 316 g/mol. The Kier molecular flexibility index (Phi) is 4.25. The van der Waals surface area contributed by atoms with E-state index in [9.17, 15) is 8.42 Å².